The lowest BCUT2D eigenvalue weighted by Gasteiger charge is -2.11. The first kappa shape index (κ1) is 17.2. The molecular weight excluding hydrogens is 320 g/mol. The molecule has 1 aliphatic rings. The van der Waals surface area contributed by atoms with Crippen LogP contribution in [-0.2, 0) is 11.3 Å². The van der Waals surface area contributed by atoms with E-state index in [-0.39, 0.29) is 17.7 Å². The van der Waals surface area contributed by atoms with Gasteiger partial charge in [0.2, 0.25) is 0 Å². The topological polar surface area (TPSA) is 85.4 Å². The first-order valence-corrected chi connectivity index (χ1v) is 8.34. The summed E-state index contributed by atoms with van der Waals surface area (Å²) < 4.78 is 10.8. The van der Waals surface area contributed by atoms with Gasteiger partial charge in [0.1, 0.15) is 17.3 Å². The van der Waals surface area contributed by atoms with Crippen molar-refractivity contribution < 1.29 is 14.3 Å². The summed E-state index contributed by atoms with van der Waals surface area (Å²) >= 11 is 0. The van der Waals surface area contributed by atoms with Crippen LogP contribution in [0.15, 0.2) is 36.7 Å². The predicted octanol–water partition coefficient (Wildman–Crippen LogP) is 2.01. The summed E-state index contributed by atoms with van der Waals surface area (Å²) in [5.74, 6) is 1.10. The van der Waals surface area contributed by atoms with E-state index in [1.807, 2.05) is 24.3 Å². The van der Waals surface area contributed by atoms with Crippen LogP contribution >= 0.6 is 0 Å². The van der Waals surface area contributed by atoms with Crippen molar-refractivity contribution in [1.82, 2.24) is 15.3 Å². The van der Waals surface area contributed by atoms with E-state index >= 15 is 0 Å². The zero-order valence-electron chi connectivity index (χ0n) is 14.2. The number of anilines is 1. The van der Waals surface area contributed by atoms with Crippen LogP contribution in [0.4, 0.5) is 5.82 Å². The Bertz CT molecular complexity index is 700. The lowest BCUT2D eigenvalue weighted by atomic mass is 10.2. The van der Waals surface area contributed by atoms with Gasteiger partial charge >= 0.3 is 0 Å². The number of nitrogens with zero attached hydrogens (tertiary/aromatic N) is 2. The van der Waals surface area contributed by atoms with Crippen LogP contribution in [0.5, 0.6) is 5.75 Å². The highest BCUT2D eigenvalue weighted by Gasteiger charge is 2.15. The zero-order chi connectivity index (χ0) is 17.5. The Balaban J connectivity index is 1.51. The van der Waals surface area contributed by atoms with Gasteiger partial charge in [0.15, 0.2) is 0 Å². The van der Waals surface area contributed by atoms with Crippen molar-refractivity contribution in [2.45, 2.75) is 25.5 Å². The third-order valence-corrected chi connectivity index (χ3v) is 4.05. The van der Waals surface area contributed by atoms with Gasteiger partial charge in [-0.1, -0.05) is 18.2 Å². The molecule has 25 heavy (non-hydrogen) atoms. The lowest BCUT2D eigenvalue weighted by molar-refractivity contribution is 0.0945. The number of nitrogens with one attached hydrogen (secondary N) is 2. The molecule has 7 heteroatoms. The predicted molar refractivity (Wildman–Crippen MR) is 93.7 cm³/mol. The minimum absolute atomic E-state index is 0.227. The van der Waals surface area contributed by atoms with Crippen molar-refractivity contribution in [1.29, 1.82) is 0 Å². The zero-order valence-corrected chi connectivity index (χ0v) is 14.2. The maximum atomic E-state index is 12.2. The number of aromatic nitrogens is 2. The number of benzene rings is 1. The summed E-state index contributed by atoms with van der Waals surface area (Å²) in [6.07, 6.45) is 5.42. The number of carbonyl (C=O) groups is 1. The van der Waals surface area contributed by atoms with Crippen LogP contribution in [-0.4, -0.2) is 42.2 Å². The molecule has 0 saturated carbocycles. The van der Waals surface area contributed by atoms with E-state index < -0.39 is 0 Å². The first-order chi connectivity index (χ1) is 12.3. The lowest BCUT2D eigenvalue weighted by Crippen LogP contribution is -2.24. The molecule has 1 aromatic heterocycles. The number of hydrogen-bond acceptors (Lipinski definition) is 6. The number of para-hydroxylation sites is 1. The van der Waals surface area contributed by atoms with Crippen molar-refractivity contribution in [3.63, 3.8) is 0 Å². The molecule has 1 atom stereocenters. The number of amides is 1. The summed E-state index contributed by atoms with van der Waals surface area (Å²) in [4.78, 5) is 20.6. The van der Waals surface area contributed by atoms with Crippen molar-refractivity contribution in [2.24, 2.45) is 0 Å². The van der Waals surface area contributed by atoms with Crippen molar-refractivity contribution in [3.05, 3.63) is 47.9 Å². The number of rotatable bonds is 7. The number of hydrogen-bond donors (Lipinski definition) is 2. The van der Waals surface area contributed by atoms with Crippen LogP contribution in [0.2, 0.25) is 0 Å². The second-order valence-corrected chi connectivity index (χ2v) is 5.80. The average Bonchev–Trinajstić information content (AvgIpc) is 3.18. The molecule has 2 aromatic rings. The van der Waals surface area contributed by atoms with Crippen LogP contribution in [0.1, 0.15) is 28.9 Å². The molecule has 1 unspecified atom stereocenters. The van der Waals surface area contributed by atoms with Gasteiger partial charge in [-0.2, -0.15) is 0 Å². The Morgan fingerprint density at radius 2 is 2.20 bits per heavy atom. The standard InChI is InChI=1S/C18H22N4O3/c1-24-16-7-3-2-5-13(16)9-22-18(23)15-11-21-17(12-19-15)20-10-14-6-4-8-25-14/h2-3,5,7,11-12,14H,4,6,8-10H2,1H3,(H,20,21)(H,22,23). The Morgan fingerprint density at radius 1 is 1.32 bits per heavy atom. The monoisotopic (exact) mass is 342 g/mol. The molecule has 0 bridgehead atoms. The molecule has 2 N–H and O–H groups in total. The summed E-state index contributed by atoms with van der Waals surface area (Å²) in [7, 11) is 1.61. The molecule has 1 amide bonds. The Morgan fingerprint density at radius 3 is 2.92 bits per heavy atom. The fourth-order valence-electron chi connectivity index (χ4n) is 2.68. The van der Waals surface area contributed by atoms with Crippen LogP contribution in [0.3, 0.4) is 0 Å². The molecule has 7 nitrogen and oxygen atoms in total. The first-order valence-electron chi connectivity index (χ1n) is 8.34. The maximum Gasteiger partial charge on any atom is 0.271 e. The average molecular weight is 342 g/mol. The van der Waals surface area contributed by atoms with E-state index in [2.05, 4.69) is 20.6 Å². The Kier molecular flexibility index (Phi) is 5.79. The van der Waals surface area contributed by atoms with Gasteiger partial charge < -0.3 is 20.1 Å². The van der Waals surface area contributed by atoms with E-state index in [0.717, 1.165) is 30.8 Å². The molecule has 1 saturated heterocycles. The highest BCUT2D eigenvalue weighted by molar-refractivity contribution is 5.92. The number of carbonyl (C=O) groups excluding carboxylic acids is 1. The van der Waals surface area contributed by atoms with E-state index in [0.29, 0.717) is 18.9 Å². The minimum Gasteiger partial charge on any atom is -0.496 e. The summed E-state index contributed by atoms with van der Waals surface area (Å²) in [5, 5.41) is 6.00. The highest BCUT2D eigenvalue weighted by Crippen LogP contribution is 2.17. The van der Waals surface area contributed by atoms with Crippen molar-refractivity contribution in [2.75, 3.05) is 25.6 Å². The van der Waals surface area contributed by atoms with Gasteiger partial charge in [-0.05, 0) is 18.9 Å². The number of ether oxygens (including phenoxy) is 2. The minimum atomic E-state index is -0.274. The second kappa shape index (κ2) is 8.43. The second-order valence-electron chi connectivity index (χ2n) is 5.80. The van der Waals surface area contributed by atoms with Gasteiger partial charge in [0.05, 0.1) is 25.6 Å². The fourth-order valence-corrected chi connectivity index (χ4v) is 2.68. The van der Waals surface area contributed by atoms with E-state index in [9.17, 15) is 4.79 Å². The fraction of sp³-hybridized carbons (Fsp3) is 0.389. The SMILES string of the molecule is COc1ccccc1CNC(=O)c1cnc(NCC2CCCO2)cn1. The third kappa shape index (κ3) is 4.67. The van der Waals surface area contributed by atoms with Crippen LogP contribution < -0.4 is 15.4 Å². The molecule has 0 aliphatic carbocycles. The van der Waals surface area contributed by atoms with Crippen LogP contribution in [0, 0.1) is 0 Å². The maximum absolute atomic E-state index is 12.2. The molecular formula is C18H22N4O3. The molecule has 1 aliphatic heterocycles. The molecule has 0 spiro atoms. The molecule has 0 radical (unpaired) electrons. The summed E-state index contributed by atoms with van der Waals surface area (Å²) in [6.45, 7) is 1.89. The van der Waals surface area contributed by atoms with Gasteiger partial charge in [-0.3, -0.25) is 4.79 Å². The molecule has 1 aromatic carbocycles. The highest BCUT2D eigenvalue weighted by atomic mass is 16.5. The number of methoxy groups -OCH3 is 1. The summed E-state index contributed by atoms with van der Waals surface area (Å²) in [5.41, 5.74) is 1.18. The Hall–Kier alpha value is -2.67. The van der Waals surface area contributed by atoms with Crippen molar-refractivity contribution >= 4 is 11.7 Å². The van der Waals surface area contributed by atoms with Gasteiger partial charge in [-0.15, -0.1) is 0 Å². The van der Waals surface area contributed by atoms with E-state index in [1.54, 1.807) is 13.3 Å². The van der Waals surface area contributed by atoms with Crippen molar-refractivity contribution in [3.8, 4) is 5.75 Å². The Labute approximate surface area is 146 Å². The third-order valence-electron chi connectivity index (χ3n) is 4.05. The summed E-state index contributed by atoms with van der Waals surface area (Å²) in [6, 6.07) is 7.55. The normalized spacial score (nSPS) is 16.4. The quantitative estimate of drug-likeness (QED) is 0.801. The largest absolute Gasteiger partial charge is 0.496 e. The van der Waals surface area contributed by atoms with Gasteiger partial charge in [0.25, 0.3) is 5.91 Å². The van der Waals surface area contributed by atoms with Crippen LogP contribution in [0.25, 0.3) is 0 Å². The van der Waals surface area contributed by atoms with Gasteiger partial charge in [0, 0.05) is 25.3 Å². The molecule has 132 valence electrons. The van der Waals surface area contributed by atoms with Gasteiger partial charge in [-0.25, -0.2) is 9.97 Å². The van der Waals surface area contributed by atoms with E-state index in [1.165, 1.54) is 6.20 Å². The molecule has 2 heterocycles. The molecule has 3 rings (SSSR count). The molecule has 1 fully saturated rings. The smallest absolute Gasteiger partial charge is 0.271 e. The van der Waals surface area contributed by atoms with E-state index in [4.69, 9.17) is 9.47 Å².